The zero-order valence-corrected chi connectivity index (χ0v) is 23.1. The summed E-state index contributed by atoms with van der Waals surface area (Å²) in [5.74, 6) is 0.910. The van der Waals surface area contributed by atoms with E-state index in [4.69, 9.17) is 0 Å². The quantitative estimate of drug-likeness (QED) is 0.449. The topological polar surface area (TPSA) is 81.2 Å². The zero-order chi connectivity index (χ0) is 27.6. The van der Waals surface area contributed by atoms with E-state index in [9.17, 15) is 19.2 Å². The van der Waals surface area contributed by atoms with Crippen molar-refractivity contribution in [3.05, 3.63) is 70.8 Å². The van der Waals surface area contributed by atoms with Gasteiger partial charge in [0.2, 0.25) is 0 Å². The fourth-order valence-corrected chi connectivity index (χ4v) is 7.09. The second-order valence-corrected chi connectivity index (χ2v) is 11.7. The van der Waals surface area contributed by atoms with Gasteiger partial charge in [0.05, 0.1) is 22.3 Å². The van der Waals surface area contributed by atoms with Crippen molar-refractivity contribution in [3.63, 3.8) is 0 Å². The number of imide groups is 2. The molecular formula is C32H38N4O4. The fourth-order valence-electron chi connectivity index (χ4n) is 7.09. The SMILES string of the molecule is O=C1c2ccccc2C(=O)N1CCCN1CCC(C2CCN(CCCN3C(=O)c4ccccc4C3=O)CC2)CC1. The van der Waals surface area contributed by atoms with Crippen molar-refractivity contribution in [2.45, 2.75) is 38.5 Å². The van der Waals surface area contributed by atoms with Gasteiger partial charge in [0.1, 0.15) is 0 Å². The first-order valence-corrected chi connectivity index (χ1v) is 14.9. The van der Waals surface area contributed by atoms with Gasteiger partial charge in [-0.1, -0.05) is 24.3 Å². The lowest BCUT2D eigenvalue weighted by Gasteiger charge is -2.40. The Kier molecular flexibility index (Phi) is 7.80. The highest BCUT2D eigenvalue weighted by molar-refractivity contribution is 6.22. The van der Waals surface area contributed by atoms with Gasteiger partial charge in [-0.15, -0.1) is 0 Å². The van der Waals surface area contributed by atoms with Crippen molar-refractivity contribution in [1.29, 1.82) is 0 Å². The lowest BCUT2D eigenvalue weighted by atomic mass is 9.79. The summed E-state index contributed by atoms with van der Waals surface area (Å²) in [7, 11) is 0. The van der Waals surface area contributed by atoms with Crippen molar-refractivity contribution < 1.29 is 19.2 Å². The van der Waals surface area contributed by atoms with Crippen LogP contribution in [-0.4, -0.2) is 95.6 Å². The van der Waals surface area contributed by atoms with Crippen LogP contribution >= 0.6 is 0 Å². The number of carbonyl (C=O) groups is 4. The van der Waals surface area contributed by atoms with Gasteiger partial charge < -0.3 is 9.80 Å². The molecule has 0 aromatic heterocycles. The molecule has 2 aromatic carbocycles. The summed E-state index contributed by atoms with van der Waals surface area (Å²) in [5, 5.41) is 0. The monoisotopic (exact) mass is 542 g/mol. The first kappa shape index (κ1) is 26.8. The van der Waals surface area contributed by atoms with Crippen LogP contribution in [0.25, 0.3) is 0 Å². The second-order valence-electron chi connectivity index (χ2n) is 11.7. The van der Waals surface area contributed by atoms with Crippen molar-refractivity contribution >= 4 is 23.6 Å². The molecule has 0 unspecified atom stereocenters. The average Bonchev–Trinajstić information content (AvgIpc) is 3.38. The van der Waals surface area contributed by atoms with Crippen LogP contribution in [-0.2, 0) is 0 Å². The molecule has 4 heterocycles. The van der Waals surface area contributed by atoms with Gasteiger partial charge in [0.15, 0.2) is 0 Å². The second kappa shape index (κ2) is 11.6. The van der Waals surface area contributed by atoms with Gasteiger partial charge in [0.25, 0.3) is 23.6 Å². The number of amides is 4. The third-order valence-corrected chi connectivity index (χ3v) is 9.40. The Bertz CT molecular complexity index is 1120. The smallest absolute Gasteiger partial charge is 0.261 e. The molecule has 8 nitrogen and oxygen atoms in total. The number of nitrogens with zero attached hydrogens (tertiary/aromatic N) is 4. The van der Waals surface area contributed by atoms with Gasteiger partial charge >= 0.3 is 0 Å². The standard InChI is InChI=1S/C32H38N4O4/c37-29-25-7-1-2-8-26(25)30(38)35(29)17-5-15-33-19-11-23(12-20-33)24-13-21-34(22-14-24)16-6-18-36-31(39)27-9-3-4-10-28(27)32(36)40/h1-4,7-10,23-24H,5-6,11-22H2. The van der Waals surface area contributed by atoms with Crippen LogP contribution < -0.4 is 0 Å². The Balaban J connectivity index is 0.868. The summed E-state index contributed by atoms with van der Waals surface area (Å²) >= 11 is 0. The van der Waals surface area contributed by atoms with E-state index in [0.29, 0.717) is 35.3 Å². The number of hydrogen-bond donors (Lipinski definition) is 0. The minimum atomic E-state index is -0.158. The lowest BCUT2D eigenvalue weighted by Crippen LogP contribution is -2.42. The van der Waals surface area contributed by atoms with Crippen molar-refractivity contribution in [1.82, 2.24) is 19.6 Å². The van der Waals surface area contributed by atoms with E-state index in [1.165, 1.54) is 35.5 Å². The molecule has 2 saturated heterocycles. The van der Waals surface area contributed by atoms with Gasteiger partial charge in [-0.05, 0) is 114 Å². The van der Waals surface area contributed by atoms with Crippen molar-refractivity contribution in [2.24, 2.45) is 11.8 Å². The predicted molar refractivity (Wildman–Crippen MR) is 151 cm³/mol. The van der Waals surface area contributed by atoms with Crippen LogP contribution in [0.4, 0.5) is 0 Å². The molecule has 40 heavy (non-hydrogen) atoms. The average molecular weight is 543 g/mol. The van der Waals surface area contributed by atoms with Gasteiger partial charge in [0, 0.05) is 13.1 Å². The summed E-state index contributed by atoms with van der Waals surface area (Å²) < 4.78 is 0. The maximum atomic E-state index is 12.6. The van der Waals surface area contributed by atoms with E-state index in [0.717, 1.165) is 63.9 Å². The molecule has 0 N–H and O–H groups in total. The van der Waals surface area contributed by atoms with E-state index in [1.54, 1.807) is 24.3 Å². The van der Waals surface area contributed by atoms with Gasteiger partial charge in [-0.25, -0.2) is 0 Å². The van der Waals surface area contributed by atoms with Crippen LogP contribution in [0.5, 0.6) is 0 Å². The number of likely N-dealkylation sites (tertiary alicyclic amines) is 2. The number of benzene rings is 2. The first-order valence-electron chi connectivity index (χ1n) is 14.9. The van der Waals surface area contributed by atoms with Gasteiger partial charge in [-0.2, -0.15) is 0 Å². The Hall–Kier alpha value is -3.36. The summed E-state index contributed by atoms with van der Waals surface area (Å²) in [6, 6.07) is 14.2. The zero-order valence-electron chi connectivity index (χ0n) is 23.1. The number of carbonyl (C=O) groups excluding carboxylic acids is 4. The molecule has 210 valence electrons. The number of fused-ring (bicyclic) bond motifs is 2. The maximum absolute atomic E-state index is 12.6. The van der Waals surface area contributed by atoms with E-state index in [-0.39, 0.29) is 23.6 Å². The summed E-state index contributed by atoms with van der Waals surface area (Å²) in [6.07, 6.45) is 6.51. The van der Waals surface area contributed by atoms with E-state index < -0.39 is 0 Å². The molecule has 0 saturated carbocycles. The van der Waals surface area contributed by atoms with Crippen molar-refractivity contribution in [2.75, 3.05) is 52.4 Å². The maximum Gasteiger partial charge on any atom is 0.261 e. The molecular weight excluding hydrogens is 504 g/mol. The Morgan fingerprint density at radius 2 is 0.775 bits per heavy atom. The Morgan fingerprint density at radius 1 is 0.475 bits per heavy atom. The minimum Gasteiger partial charge on any atom is -0.303 e. The van der Waals surface area contributed by atoms with Crippen LogP contribution in [0.15, 0.2) is 48.5 Å². The minimum absolute atomic E-state index is 0.158. The molecule has 2 fully saturated rings. The van der Waals surface area contributed by atoms with Crippen LogP contribution in [0, 0.1) is 11.8 Å². The highest BCUT2D eigenvalue weighted by Crippen LogP contribution is 2.33. The van der Waals surface area contributed by atoms with Crippen LogP contribution in [0.1, 0.15) is 80.0 Å². The molecule has 8 heteroatoms. The number of rotatable bonds is 9. The molecule has 4 aliphatic heterocycles. The van der Waals surface area contributed by atoms with Gasteiger partial charge in [-0.3, -0.25) is 29.0 Å². The summed E-state index contributed by atoms with van der Waals surface area (Å²) in [4.78, 5) is 58.1. The van der Waals surface area contributed by atoms with E-state index in [1.807, 2.05) is 24.3 Å². The number of piperidine rings is 2. The molecule has 0 atom stereocenters. The summed E-state index contributed by atoms with van der Waals surface area (Å²) in [6.45, 7) is 7.17. The summed E-state index contributed by atoms with van der Waals surface area (Å²) in [5.41, 5.74) is 2.12. The molecule has 0 aliphatic carbocycles. The molecule has 0 radical (unpaired) electrons. The highest BCUT2D eigenvalue weighted by atomic mass is 16.2. The normalized spacial score (nSPS) is 21.0. The fraction of sp³-hybridized carbons (Fsp3) is 0.500. The molecule has 4 amide bonds. The molecule has 4 aliphatic rings. The Labute approximate surface area is 235 Å². The highest BCUT2D eigenvalue weighted by Gasteiger charge is 2.36. The lowest BCUT2D eigenvalue weighted by molar-refractivity contribution is 0.0614. The third-order valence-electron chi connectivity index (χ3n) is 9.40. The predicted octanol–water partition coefficient (Wildman–Crippen LogP) is 3.78. The van der Waals surface area contributed by atoms with Crippen LogP contribution in [0.3, 0.4) is 0 Å². The van der Waals surface area contributed by atoms with E-state index in [2.05, 4.69) is 9.80 Å². The third kappa shape index (κ3) is 5.22. The van der Waals surface area contributed by atoms with E-state index >= 15 is 0 Å². The molecule has 2 aromatic rings. The molecule has 0 bridgehead atoms. The molecule has 0 spiro atoms. The molecule has 6 rings (SSSR count). The number of hydrogen-bond acceptors (Lipinski definition) is 6. The largest absolute Gasteiger partial charge is 0.303 e. The van der Waals surface area contributed by atoms with Crippen LogP contribution in [0.2, 0.25) is 0 Å². The Morgan fingerprint density at radius 3 is 1.07 bits per heavy atom. The van der Waals surface area contributed by atoms with Crippen molar-refractivity contribution in [3.8, 4) is 0 Å². The first-order chi connectivity index (χ1) is 19.5.